The smallest absolute Gasteiger partial charge is 0.261 e. The van der Waals surface area contributed by atoms with E-state index in [0.717, 1.165) is 17.8 Å². The van der Waals surface area contributed by atoms with Gasteiger partial charge < -0.3 is 0 Å². The summed E-state index contributed by atoms with van der Waals surface area (Å²) in [5.74, 6) is 0.0445. The molecule has 0 N–H and O–H groups in total. The molecule has 3 heteroatoms. The van der Waals surface area contributed by atoms with Crippen LogP contribution in [0.15, 0.2) is 53.5 Å². The molecule has 1 atom stereocenters. The number of carbonyl (C=O) groups is 1. The topological polar surface area (TPSA) is 32.7 Å². The molecule has 0 bridgehead atoms. The molecule has 2 aromatic carbocycles. The maximum Gasteiger partial charge on any atom is 0.261 e. The van der Waals surface area contributed by atoms with Crippen LogP contribution in [0.25, 0.3) is 0 Å². The van der Waals surface area contributed by atoms with Gasteiger partial charge in [0.15, 0.2) is 0 Å². The largest absolute Gasteiger partial charge is 0.299 e. The average molecular weight is 248 g/mol. The third-order valence-corrected chi connectivity index (χ3v) is 3.75. The maximum absolute atomic E-state index is 12.7. The average Bonchev–Trinajstić information content (AvgIpc) is 2.76. The van der Waals surface area contributed by atoms with E-state index in [1.807, 2.05) is 53.6 Å². The summed E-state index contributed by atoms with van der Waals surface area (Å²) in [7, 11) is 0. The van der Waals surface area contributed by atoms with Crippen LogP contribution in [-0.4, -0.2) is 18.2 Å². The van der Waals surface area contributed by atoms with E-state index in [1.165, 1.54) is 5.56 Å². The molecule has 0 saturated heterocycles. The van der Waals surface area contributed by atoms with Crippen molar-refractivity contribution in [1.82, 2.24) is 0 Å². The fraction of sp³-hybridized carbons (Fsp3) is 0.125. The molecule has 2 heterocycles. The van der Waals surface area contributed by atoms with Crippen molar-refractivity contribution in [3.05, 3.63) is 59.7 Å². The van der Waals surface area contributed by atoms with Gasteiger partial charge in [-0.3, -0.25) is 14.7 Å². The second-order valence-electron chi connectivity index (χ2n) is 4.87. The van der Waals surface area contributed by atoms with Crippen LogP contribution in [0.3, 0.4) is 0 Å². The van der Waals surface area contributed by atoms with E-state index in [1.54, 1.807) is 0 Å². The molecular weight excluding hydrogens is 236 g/mol. The number of rotatable bonds is 0. The molecule has 0 fully saturated rings. The molecule has 1 unspecified atom stereocenters. The highest BCUT2D eigenvalue weighted by Gasteiger charge is 2.35. The van der Waals surface area contributed by atoms with Crippen LogP contribution in [0, 0.1) is 0 Å². The molecule has 0 aliphatic carbocycles. The van der Waals surface area contributed by atoms with Crippen molar-refractivity contribution in [2.75, 3.05) is 4.90 Å². The summed E-state index contributed by atoms with van der Waals surface area (Å²) < 4.78 is 0. The molecular formula is C16H12N2O. The van der Waals surface area contributed by atoms with E-state index in [0.29, 0.717) is 5.56 Å². The van der Waals surface area contributed by atoms with Crippen LogP contribution in [0.2, 0.25) is 0 Å². The first-order chi connectivity index (χ1) is 9.34. The minimum absolute atomic E-state index is 0.0392. The van der Waals surface area contributed by atoms with E-state index >= 15 is 0 Å². The van der Waals surface area contributed by atoms with Crippen LogP contribution < -0.4 is 4.90 Å². The Morgan fingerprint density at radius 1 is 1.05 bits per heavy atom. The third-order valence-electron chi connectivity index (χ3n) is 3.75. The van der Waals surface area contributed by atoms with E-state index in [-0.39, 0.29) is 11.9 Å². The zero-order chi connectivity index (χ0) is 12.8. The summed E-state index contributed by atoms with van der Waals surface area (Å²) in [5, 5.41) is 0. The highest BCUT2D eigenvalue weighted by Crippen LogP contribution is 2.36. The predicted molar refractivity (Wildman–Crippen MR) is 75.3 cm³/mol. The molecule has 19 heavy (non-hydrogen) atoms. The number of carbonyl (C=O) groups excluding carboxylic acids is 1. The van der Waals surface area contributed by atoms with Crippen molar-refractivity contribution in [3.63, 3.8) is 0 Å². The number of hydrogen-bond acceptors (Lipinski definition) is 2. The Morgan fingerprint density at radius 3 is 2.79 bits per heavy atom. The highest BCUT2D eigenvalue weighted by atomic mass is 16.2. The molecule has 0 radical (unpaired) electrons. The first-order valence-corrected chi connectivity index (χ1v) is 6.39. The third kappa shape index (κ3) is 1.45. The molecule has 0 saturated carbocycles. The van der Waals surface area contributed by atoms with Gasteiger partial charge in [-0.25, -0.2) is 0 Å². The zero-order valence-corrected chi connectivity index (χ0v) is 10.3. The molecule has 0 spiro atoms. The summed E-state index contributed by atoms with van der Waals surface area (Å²) in [5.41, 5.74) is 3.67. The number of amides is 1. The standard InChI is InChI=1S/C16H12N2O/c19-16-13-6-2-3-7-14(13)17-10-12-9-11-5-1-4-8-15(11)18(12)16/h1-8,10,12H,9H2. The van der Waals surface area contributed by atoms with Gasteiger partial charge in [-0.05, 0) is 23.8 Å². The number of fused-ring (bicyclic) bond motifs is 4. The Labute approximate surface area is 111 Å². The van der Waals surface area contributed by atoms with E-state index < -0.39 is 0 Å². The van der Waals surface area contributed by atoms with Crippen LogP contribution >= 0.6 is 0 Å². The minimum Gasteiger partial charge on any atom is -0.299 e. The van der Waals surface area contributed by atoms with E-state index in [9.17, 15) is 4.79 Å². The second kappa shape index (κ2) is 3.79. The van der Waals surface area contributed by atoms with Gasteiger partial charge in [-0.2, -0.15) is 0 Å². The van der Waals surface area contributed by atoms with Gasteiger partial charge in [0.1, 0.15) is 0 Å². The van der Waals surface area contributed by atoms with Crippen LogP contribution in [0.4, 0.5) is 11.4 Å². The lowest BCUT2D eigenvalue weighted by atomic mass is 10.1. The predicted octanol–water partition coefficient (Wildman–Crippen LogP) is 2.97. The summed E-state index contributed by atoms with van der Waals surface area (Å²) in [6, 6.07) is 15.6. The molecule has 2 aliphatic heterocycles. The first-order valence-electron chi connectivity index (χ1n) is 6.39. The van der Waals surface area contributed by atoms with Gasteiger partial charge in [0.25, 0.3) is 5.91 Å². The Bertz CT molecular complexity index is 705. The van der Waals surface area contributed by atoms with Crippen molar-refractivity contribution in [2.45, 2.75) is 12.5 Å². The molecule has 0 aromatic heterocycles. The van der Waals surface area contributed by atoms with Gasteiger partial charge in [0.2, 0.25) is 0 Å². The van der Waals surface area contributed by atoms with Crippen molar-refractivity contribution in [2.24, 2.45) is 4.99 Å². The van der Waals surface area contributed by atoms with Gasteiger partial charge in [0.05, 0.1) is 17.3 Å². The van der Waals surface area contributed by atoms with Crippen molar-refractivity contribution in [1.29, 1.82) is 0 Å². The molecule has 2 aliphatic rings. The highest BCUT2D eigenvalue weighted by molar-refractivity contribution is 6.14. The van der Waals surface area contributed by atoms with Crippen LogP contribution in [-0.2, 0) is 6.42 Å². The molecule has 3 nitrogen and oxygen atoms in total. The van der Waals surface area contributed by atoms with Crippen molar-refractivity contribution < 1.29 is 4.79 Å². The number of hydrogen-bond donors (Lipinski definition) is 0. The lowest BCUT2D eigenvalue weighted by molar-refractivity contribution is 0.0987. The molecule has 92 valence electrons. The minimum atomic E-state index is 0.0392. The van der Waals surface area contributed by atoms with Crippen LogP contribution in [0.1, 0.15) is 15.9 Å². The van der Waals surface area contributed by atoms with Gasteiger partial charge in [-0.1, -0.05) is 30.3 Å². The summed E-state index contributed by atoms with van der Waals surface area (Å²) in [4.78, 5) is 19.1. The van der Waals surface area contributed by atoms with Crippen molar-refractivity contribution in [3.8, 4) is 0 Å². The monoisotopic (exact) mass is 248 g/mol. The second-order valence-corrected chi connectivity index (χ2v) is 4.87. The lowest BCUT2D eigenvalue weighted by Gasteiger charge is -2.21. The quantitative estimate of drug-likeness (QED) is 0.705. The number of anilines is 1. The maximum atomic E-state index is 12.7. The van der Waals surface area contributed by atoms with E-state index in [4.69, 9.17) is 0 Å². The Morgan fingerprint density at radius 2 is 1.84 bits per heavy atom. The van der Waals surface area contributed by atoms with E-state index in [2.05, 4.69) is 11.1 Å². The number of nitrogens with zero attached hydrogens (tertiary/aromatic N) is 2. The summed E-state index contributed by atoms with van der Waals surface area (Å²) >= 11 is 0. The number of aliphatic imine (C=N–C) groups is 1. The molecule has 4 rings (SSSR count). The lowest BCUT2D eigenvalue weighted by Crippen LogP contribution is -2.37. The molecule has 1 amide bonds. The normalized spacial score (nSPS) is 19.7. The number of benzene rings is 2. The SMILES string of the molecule is O=C1c2ccccc2N=CC2Cc3ccccc3N12. The van der Waals surface area contributed by atoms with Crippen LogP contribution in [0.5, 0.6) is 0 Å². The Balaban J connectivity index is 1.91. The fourth-order valence-electron chi connectivity index (χ4n) is 2.86. The fourth-order valence-corrected chi connectivity index (χ4v) is 2.86. The van der Waals surface area contributed by atoms with Gasteiger partial charge >= 0.3 is 0 Å². The first kappa shape index (κ1) is 10.5. The Kier molecular flexibility index (Phi) is 2.09. The molecule has 2 aromatic rings. The summed E-state index contributed by atoms with van der Waals surface area (Å²) in [6.07, 6.45) is 2.74. The summed E-state index contributed by atoms with van der Waals surface area (Å²) in [6.45, 7) is 0. The van der Waals surface area contributed by atoms with Gasteiger partial charge in [-0.15, -0.1) is 0 Å². The Hall–Kier alpha value is -2.42. The zero-order valence-electron chi connectivity index (χ0n) is 10.3. The van der Waals surface area contributed by atoms with Crippen molar-refractivity contribution >= 4 is 23.5 Å². The van der Waals surface area contributed by atoms with Gasteiger partial charge in [0, 0.05) is 18.3 Å². The number of para-hydroxylation sites is 2.